The summed E-state index contributed by atoms with van der Waals surface area (Å²) in [6.45, 7) is 9.21. The summed E-state index contributed by atoms with van der Waals surface area (Å²) < 4.78 is 11.4. The lowest BCUT2D eigenvalue weighted by atomic mass is 9.74. The molecule has 1 N–H and O–H groups in total. The second-order valence-corrected chi connectivity index (χ2v) is 8.28. The van der Waals surface area contributed by atoms with Gasteiger partial charge in [-0.1, -0.05) is 69.2 Å². The molecule has 0 aromatic heterocycles. The first-order chi connectivity index (χ1) is 14.7. The number of benzene rings is 2. The Kier molecular flexibility index (Phi) is 10.8. The van der Waals surface area contributed by atoms with Crippen molar-refractivity contribution in [1.29, 1.82) is 0 Å². The Bertz CT molecular complexity index is 734. The standard InChI is InChI=1S/C26H37NO3.ClH/c1-3-5-18-30-24-13-11-23(12-14-24)26(28,15-4-2)25(22-9-7-6-8-10-22)21-27-16-19-29-20-17-27;/h6-14,25,28H,3-5,15-21H2,1-2H3;1H. The second-order valence-electron chi connectivity index (χ2n) is 8.28. The average Bonchev–Trinajstić information content (AvgIpc) is 2.79. The van der Waals surface area contributed by atoms with Crippen molar-refractivity contribution in [2.45, 2.75) is 51.0 Å². The van der Waals surface area contributed by atoms with E-state index in [0.717, 1.165) is 70.0 Å². The highest BCUT2D eigenvalue weighted by atomic mass is 35.5. The average molecular weight is 448 g/mol. The van der Waals surface area contributed by atoms with Gasteiger partial charge in [0.2, 0.25) is 0 Å². The molecule has 0 spiro atoms. The van der Waals surface area contributed by atoms with Gasteiger partial charge in [0.1, 0.15) is 5.75 Å². The fraction of sp³-hybridized carbons (Fsp3) is 0.538. The van der Waals surface area contributed by atoms with Gasteiger partial charge in [-0.2, -0.15) is 0 Å². The van der Waals surface area contributed by atoms with Crippen molar-refractivity contribution < 1.29 is 14.6 Å². The summed E-state index contributed by atoms with van der Waals surface area (Å²) >= 11 is 0. The smallest absolute Gasteiger partial charge is 0.119 e. The molecular formula is C26H38ClNO3. The van der Waals surface area contributed by atoms with E-state index in [1.165, 1.54) is 5.56 Å². The fourth-order valence-corrected chi connectivity index (χ4v) is 4.33. The molecule has 1 saturated heterocycles. The van der Waals surface area contributed by atoms with Crippen LogP contribution in [0.15, 0.2) is 54.6 Å². The minimum Gasteiger partial charge on any atom is -0.494 e. The number of hydrogen-bond acceptors (Lipinski definition) is 4. The topological polar surface area (TPSA) is 41.9 Å². The molecule has 3 rings (SSSR count). The van der Waals surface area contributed by atoms with Crippen molar-refractivity contribution in [1.82, 2.24) is 4.90 Å². The predicted octanol–water partition coefficient (Wildman–Crippen LogP) is 5.39. The Labute approximate surface area is 194 Å². The summed E-state index contributed by atoms with van der Waals surface area (Å²) in [4.78, 5) is 2.42. The molecule has 0 aliphatic carbocycles. The Hall–Kier alpha value is -1.59. The summed E-state index contributed by atoms with van der Waals surface area (Å²) in [6.07, 6.45) is 3.80. The van der Waals surface area contributed by atoms with Gasteiger partial charge in [0.25, 0.3) is 0 Å². The Morgan fingerprint density at radius 3 is 2.29 bits per heavy atom. The third-order valence-corrected chi connectivity index (χ3v) is 6.07. The quantitative estimate of drug-likeness (QED) is 0.469. The van der Waals surface area contributed by atoms with Gasteiger partial charge in [0.15, 0.2) is 0 Å². The third-order valence-electron chi connectivity index (χ3n) is 6.07. The van der Waals surface area contributed by atoms with Crippen LogP contribution in [0.25, 0.3) is 0 Å². The highest BCUT2D eigenvalue weighted by Gasteiger charge is 2.39. The Morgan fingerprint density at radius 1 is 1.00 bits per heavy atom. The maximum Gasteiger partial charge on any atom is 0.119 e. The van der Waals surface area contributed by atoms with Crippen LogP contribution in [0, 0.1) is 0 Å². The number of hydrogen-bond donors (Lipinski definition) is 1. The van der Waals surface area contributed by atoms with Gasteiger partial charge in [0, 0.05) is 25.6 Å². The van der Waals surface area contributed by atoms with Crippen LogP contribution in [-0.2, 0) is 10.3 Å². The highest BCUT2D eigenvalue weighted by molar-refractivity contribution is 5.85. The fourth-order valence-electron chi connectivity index (χ4n) is 4.33. The lowest BCUT2D eigenvalue weighted by molar-refractivity contribution is -0.0285. The highest BCUT2D eigenvalue weighted by Crippen LogP contribution is 2.42. The van der Waals surface area contributed by atoms with Crippen molar-refractivity contribution in [3.8, 4) is 5.75 Å². The van der Waals surface area contributed by atoms with E-state index < -0.39 is 5.60 Å². The zero-order valence-electron chi connectivity index (χ0n) is 19.0. The molecular weight excluding hydrogens is 410 g/mol. The van der Waals surface area contributed by atoms with Crippen LogP contribution in [0.3, 0.4) is 0 Å². The van der Waals surface area contributed by atoms with Crippen LogP contribution >= 0.6 is 12.4 Å². The number of rotatable bonds is 11. The lowest BCUT2D eigenvalue weighted by Gasteiger charge is -2.41. The van der Waals surface area contributed by atoms with Gasteiger partial charge >= 0.3 is 0 Å². The van der Waals surface area contributed by atoms with Crippen molar-refractivity contribution in [3.05, 3.63) is 65.7 Å². The summed E-state index contributed by atoms with van der Waals surface area (Å²) in [5.41, 5.74) is 1.22. The molecule has 0 radical (unpaired) electrons. The first-order valence-corrected chi connectivity index (χ1v) is 11.5. The summed E-state index contributed by atoms with van der Waals surface area (Å²) in [7, 11) is 0. The van der Waals surface area contributed by atoms with Crippen molar-refractivity contribution in [2.75, 3.05) is 39.5 Å². The van der Waals surface area contributed by atoms with E-state index in [0.29, 0.717) is 6.42 Å². The molecule has 0 amide bonds. The van der Waals surface area contributed by atoms with E-state index in [2.05, 4.69) is 43.0 Å². The van der Waals surface area contributed by atoms with E-state index in [9.17, 15) is 5.11 Å². The van der Waals surface area contributed by atoms with E-state index in [1.54, 1.807) is 0 Å². The Balaban J connectivity index is 0.00000341. The molecule has 2 aromatic rings. The molecule has 1 heterocycles. The van der Waals surface area contributed by atoms with Crippen molar-refractivity contribution in [2.24, 2.45) is 0 Å². The first-order valence-electron chi connectivity index (χ1n) is 11.5. The minimum absolute atomic E-state index is 0. The molecule has 31 heavy (non-hydrogen) atoms. The van der Waals surface area contributed by atoms with Gasteiger partial charge in [0.05, 0.1) is 25.4 Å². The van der Waals surface area contributed by atoms with Gasteiger partial charge in [-0.25, -0.2) is 0 Å². The maximum absolute atomic E-state index is 12.1. The summed E-state index contributed by atoms with van der Waals surface area (Å²) in [5.74, 6) is 0.860. The molecule has 1 aliphatic heterocycles. The van der Waals surface area contributed by atoms with Crippen molar-refractivity contribution in [3.63, 3.8) is 0 Å². The molecule has 0 bridgehead atoms. The minimum atomic E-state index is -0.934. The number of nitrogens with zero attached hydrogens (tertiary/aromatic N) is 1. The molecule has 1 aliphatic rings. The number of unbranched alkanes of at least 4 members (excludes halogenated alkanes) is 1. The number of ether oxygens (including phenoxy) is 2. The number of aliphatic hydroxyl groups is 1. The molecule has 2 atom stereocenters. The molecule has 0 saturated carbocycles. The maximum atomic E-state index is 12.1. The van der Waals surface area contributed by atoms with Crippen LogP contribution in [0.1, 0.15) is 56.6 Å². The van der Waals surface area contributed by atoms with E-state index in [-0.39, 0.29) is 18.3 Å². The van der Waals surface area contributed by atoms with Crippen LogP contribution < -0.4 is 4.74 Å². The van der Waals surface area contributed by atoms with Gasteiger partial charge in [-0.3, -0.25) is 4.90 Å². The molecule has 4 nitrogen and oxygen atoms in total. The predicted molar refractivity (Wildman–Crippen MR) is 129 cm³/mol. The van der Waals surface area contributed by atoms with Crippen LogP contribution in [0.4, 0.5) is 0 Å². The molecule has 1 fully saturated rings. The first kappa shape index (κ1) is 25.7. The largest absolute Gasteiger partial charge is 0.494 e. The zero-order valence-corrected chi connectivity index (χ0v) is 19.8. The molecule has 2 aromatic carbocycles. The summed E-state index contributed by atoms with van der Waals surface area (Å²) in [5, 5.41) is 12.1. The number of halogens is 1. The van der Waals surface area contributed by atoms with Gasteiger partial charge < -0.3 is 14.6 Å². The SMILES string of the molecule is CCCCOc1ccc(C(O)(CCC)C(CN2CCOCC2)c2ccccc2)cc1.Cl. The zero-order chi connectivity index (χ0) is 21.2. The monoisotopic (exact) mass is 447 g/mol. The van der Waals surface area contributed by atoms with Gasteiger partial charge in [-0.15, -0.1) is 12.4 Å². The molecule has 5 heteroatoms. The summed E-state index contributed by atoms with van der Waals surface area (Å²) in [6, 6.07) is 18.6. The van der Waals surface area contributed by atoms with E-state index >= 15 is 0 Å². The number of morpholine rings is 1. The molecule has 2 unspecified atom stereocenters. The second kappa shape index (κ2) is 13.1. The molecule has 172 valence electrons. The van der Waals surface area contributed by atoms with E-state index in [4.69, 9.17) is 9.47 Å². The van der Waals surface area contributed by atoms with Crippen LogP contribution in [0.5, 0.6) is 5.75 Å². The van der Waals surface area contributed by atoms with Crippen LogP contribution in [0.2, 0.25) is 0 Å². The van der Waals surface area contributed by atoms with Gasteiger partial charge in [-0.05, 0) is 36.1 Å². The normalized spacial score (nSPS) is 17.4. The third kappa shape index (κ3) is 6.95. The van der Waals surface area contributed by atoms with Crippen LogP contribution in [-0.4, -0.2) is 49.5 Å². The lowest BCUT2D eigenvalue weighted by Crippen LogP contribution is -2.45. The van der Waals surface area contributed by atoms with Crippen molar-refractivity contribution >= 4 is 12.4 Å². The Morgan fingerprint density at radius 2 is 1.68 bits per heavy atom. The van der Waals surface area contributed by atoms with E-state index in [1.807, 2.05) is 30.3 Å².